The number of nitrogens with zero attached hydrogens (tertiary/aromatic N) is 1. The summed E-state index contributed by atoms with van der Waals surface area (Å²) in [7, 11) is 0. The fourth-order valence-electron chi connectivity index (χ4n) is 1.71. The minimum absolute atomic E-state index is 0.107. The van der Waals surface area contributed by atoms with Crippen LogP contribution in [-0.2, 0) is 4.74 Å². The highest BCUT2D eigenvalue weighted by Crippen LogP contribution is 2.24. The molecule has 7 heteroatoms. The minimum Gasteiger partial charge on any atom is -0.394 e. The Morgan fingerprint density at radius 2 is 2.17 bits per heavy atom. The first-order chi connectivity index (χ1) is 8.60. The number of thioether (sulfide) groups is 1. The number of rotatable bonds is 2. The highest BCUT2D eigenvalue weighted by molar-refractivity contribution is 8.14. The molecule has 0 bridgehead atoms. The van der Waals surface area contributed by atoms with Gasteiger partial charge in [0.1, 0.15) is 23.7 Å². The second-order valence-corrected chi connectivity index (χ2v) is 5.95. The monoisotopic (exact) mass is 276 g/mol. The fourth-order valence-corrected chi connectivity index (χ4v) is 2.61. The first-order valence-corrected chi connectivity index (χ1v) is 7.08. The summed E-state index contributed by atoms with van der Waals surface area (Å²) in [6, 6.07) is 0.472. The molecule has 4 atom stereocenters. The summed E-state index contributed by atoms with van der Waals surface area (Å²) >= 11 is 1.41. The van der Waals surface area contributed by atoms with Crippen LogP contribution in [0.3, 0.4) is 0 Å². The van der Waals surface area contributed by atoms with Gasteiger partial charge < -0.3 is 25.4 Å². The Kier molecular flexibility index (Phi) is 4.85. The van der Waals surface area contributed by atoms with Crippen LogP contribution in [0.25, 0.3) is 0 Å². The molecule has 0 amide bonds. The van der Waals surface area contributed by atoms with Gasteiger partial charge in [-0.05, 0) is 19.8 Å². The van der Waals surface area contributed by atoms with Crippen molar-refractivity contribution in [1.82, 2.24) is 5.32 Å². The number of ether oxygens (including phenoxy) is 1. The Hall–Kier alpha value is -0.340. The van der Waals surface area contributed by atoms with Crippen molar-refractivity contribution < 1.29 is 20.1 Å². The summed E-state index contributed by atoms with van der Waals surface area (Å²) in [5.74, 6) is 0. The topological polar surface area (TPSA) is 94.3 Å². The molecule has 2 rings (SSSR count). The first-order valence-electron chi connectivity index (χ1n) is 6.20. The minimum atomic E-state index is -1.12. The van der Waals surface area contributed by atoms with Crippen molar-refractivity contribution in [3.63, 3.8) is 0 Å². The Morgan fingerprint density at radius 3 is 2.78 bits per heavy atom. The maximum atomic E-state index is 9.83. The van der Waals surface area contributed by atoms with Crippen LogP contribution in [0.4, 0.5) is 0 Å². The van der Waals surface area contributed by atoms with Crippen molar-refractivity contribution >= 4 is 16.9 Å². The van der Waals surface area contributed by atoms with E-state index in [1.807, 2.05) is 6.92 Å². The molecule has 0 saturated heterocycles. The van der Waals surface area contributed by atoms with Crippen LogP contribution >= 0.6 is 11.8 Å². The van der Waals surface area contributed by atoms with E-state index in [9.17, 15) is 10.2 Å². The van der Waals surface area contributed by atoms with Crippen LogP contribution in [0.5, 0.6) is 0 Å². The normalized spacial score (nSPS) is 38.3. The van der Waals surface area contributed by atoms with Gasteiger partial charge in [0.25, 0.3) is 0 Å². The lowest BCUT2D eigenvalue weighted by atomic mass is 10.1. The van der Waals surface area contributed by atoms with E-state index in [1.54, 1.807) is 0 Å². The zero-order valence-corrected chi connectivity index (χ0v) is 11.1. The van der Waals surface area contributed by atoms with Gasteiger partial charge in [0.2, 0.25) is 0 Å². The van der Waals surface area contributed by atoms with Gasteiger partial charge in [0.05, 0.1) is 13.2 Å². The summed E-state index contributed by atoms with van der Waals surface area (Å²) in [5.41, 5.74) is -0.243. The predicted molar refractivity (Wildman–Crippen MR) is 69.5 cm³/mol. The molecule has 2 aliphatic rings. The molecule has 6 nitrogen and oxygen atoms in total. The largest absolute Gasteiger partial charge is 0.394 e. The molecule has 104 valence electrons. The van der Waals surface area contributed by atoms with Crippen molar-refractivity contribution in [2.24, 2.45) is 4.99 Å². The van der Waals surface area contributed by atoms with Crippen LogP contribution < -0.4 is 5.32 Å². The van der Waals surface area contributed by atoms with E-state index in [4.69, 9.17) is 9.84 Å². The van der Waals surface area contributed by atoms with Gasteiger partial charge in [-0.3, -0.25) is 4.99 Å². The van der Waals surface area contributed by atoms with Crippen molar-refractivity contribution in [3.8, 4) is 0 Å². The number of aliphatic imine (C=N–C) groups is 1. The van der Waals surface area contributed by atoms with Gasteiger partial charge in [-0.2, -0.15) is 0 Å². The molecule has 1 heterocycles. The van der Waals surface area contributed by atoms with Gasteiger partial charge in [-0.15, -0.1) is 0 Å². The summed E-state index contributed by atoms with van der Waals surface area (Å²) in [4.78, 5) is 4.27. The molecule has 1 fully saturated rings. The predicted octanol–water partition coefficient (Wildman–Crippen LogP) is -0.714. The molecule has 1 aliphatic carbocycles. The lowest BCUT2D eigenvalue weighted by molar-refractivity contribution is -0.107. The van der Waals surface area contributed by atoms with Crippen LogP contribution in [0.15, 0.2) is 4.99 Å². The second-order valence-electron chi connectivity index (χ2n) is 4.66. The van der Waals surface area contributed by atoms with E-state index in [0.29, 0.717) is 6.04 Å². The van der Waals surface area contributed by atoms with Crippen molar-refractivity contribution in [2.75, 3.05) is 13.2 Å². The molecule has 1 saturated carbocycles. The van der Waals surface area contributed by atoms with E-state index >= 15 is 0 Å². The Morgan fingerprint density at radius 1 is 1.44 bits per heavy atom. The fraction of sp³-hybridized carbons (Fsp3) is 0.909. The quantitative estimate of drug-likeness (QED) is 0.532. The van der Waals surface area contributed by atoms with E-state index in [2.05, 4.69) is 10.3 Å². The molecule has 0 spiro atoms. The van der Waals surface area contributed by atoms with Crippen LogP contribution in [-0.4, -0.2) is 63.4 Å². The summed E-state index contributed by atoms with van der Waals surface area (Å²) < 4.78 is 5.52. The van der Waals surface area contributed by atoms with E-state index < -0.39 is 18.3 Å². The number of hydrogen-bond donors (Lipinski definition) is 4. The molecule has 0 aromatic rings. The van der Waals surface area contributed by atoms with Crippen LogP contribution in [0.1, 0.15) is 19.8 Å². The average molecular weight is 276 g/mol. The number of aliphatic hydroxyl groups is 3. The zero-order chi connectivity index (χ0) is 13.1. The third-order valence-electron chi connectivity index (χ3n) is 2.93. The highest BCUT2D eigenvalue weighted by Gasteiger charge is 2.31. The molecule has 0 radical (unpaired) electrons. The molecule has 4 N–H and O–H groups in total. The Labute approximate surface area is 110 Å². The highest BCUT2D eigenvalue weighted by atomic mass is 32.2. The lowest BCUT2D eigenvalue weighted by Gasteiger charge is -2.25. The standard InChI is InChI=1S/C11H20N2O4S/c1-6-17-9(5-14)10(16)8(15)4-12-11(18-6)13-7-2-3-7/h6-10,14-16H,2-5H2,1H3,(H,12,13)/t6?,8-,9-,10+/m1/s1. The molecule has 0 aromatic heterocycles. The average Bonchev–Trinajstić information content (AvgIpc) is 3.14. The van der Waals surface area contributed by atoms with E-state index in [1.165, 1.54) is 11.8 Å². The smallest absolute Gasteiger partial charge is 0.159 e. The second kappa shape index (κ2) is 6.21. The molecule has 18 heavy (non-hydrogen) atoms. The van der Waals surface area contributed by atoms with Crippen LogP contribution in [0, 0.1) is 0 Å². The van der Waals surface area contributed by atoms with Gasteiger partial charge >= 0.3 is 0 Å². The first kappa shape index (κ1) is 14.1. The lowest BCUT2D eigenvalue weighted by Crippen LogP contribution is -2.43. The summed E-state index contributed by atoms with van der Waals surface area (Å²) in [6.45, 7) is 1.62. The SMILES string of the molecule is CC1O[C@H](CO)[C@@H](O)[C@H](O)CN=C(NC2CC2)S1. The molecule has 0 aromatic carbocycles. The van der Waals surface area contributed by atoms with E-state index in [0.717, 1.165) is 18.0 Å². The molecular formula is C11H20N2O4S. The molecule has 1 unspecified atom stereocenters. The van der Waals surface area contributed by atoms with Gasteiger partial charge in [0.15, 0.2) is 5.17 Å². The maximum absolute atomic E-state index is 9.83. The Bertz CT molecular complexity index is 311. The maximum Gasteiger partial charge on any atom is 0.159 e. The van der Waals surface area contributed by atoms with Gasteiger partial charge in [-0.25, -0.2) is 0 Å². The zero-order valence-electron chi connectivity index (χ0n) is 10.3. The number of aliphatic hydroxyl groups excluding tert-OH is 3. The van der Waals surface area contributed by atoms with Crippen LogP contribution in [0.2, 0.25) is 0 Å². The number of nitrogens with one attached hydrogen (secondary N) is 1. The summed E-state index contributed by atoms with van der Waals surface area (Å²) in [5, 5.41) is 32.8. The number of amidine groups is 1. The van der Waals surface area contributed by atoms with Crippen molar-refractivity contribution in [1.29, 1.82) is 0 Å². The summed E-state index contributed by atoms with van der Waals surface area (Å²) in [6.07, 6.45) is -0.650. The van der Waals surface area contributed by atoms with Crippen molar-refractivity contribution in [3.05, 3.63) is 0 Å². The van der Waals surface area contributed by atoms with Crippen molar-refractivity contribution in [2.45, 2.75) is 49.6 Å². The number of hydrogen-bond acceptors (Lipinski definition) is 7. The van der Waals surface area contributed by atoms with E-state index in [-0.39, 0.29) is 18.6 Å². The third kappa shape index (κ3) is 3.83. The molecule has 1 aliphatic heterocycles. The van der Waals surface area contributed by atoms with Gasteiger partial charge in [-0.1, -0.05) is 11.8 Å². The molecular weight excluding hydrogens is 256 g/mol. The Balaban J connectivity index is 2.03. The third-order valence-corrected chi connectivity index (χ3v) is 3.84. The van der Waals surface area contributed by atoms with Gasteiger partial charge in [0, 0.05) is 6.04 Å².